The van der Waals surface area contributed by atoms with E-state index in [0.717, 1.165) is 23.1 Å². The molecule has 2 amide bonds. The monoisotopic (exact) mass is 565 g/mol. The third-order valence-corrected chi connectivity index (χ3v) is 7.98. The summed E-state index contributed by atoms with van der Waals surface area (Å²) in [5.74, 6) is 0.151. The molecule has 0 aliphatic heterocycles. The van der Waals surface area contributed by atoms with Crippen molar-refractivity contribution in [2.75, 3.05) is 31.3 Å². The Morgan fingerprint density at radius 1 is 0.925 bits per heavy atom. The van der Waals surface area contributed by atoms with Crippen LogP contribution in [0.1, 0.15) is 36.5 Å². The van der Waals surface area contributed by atoms with E-state index in [4.69, 9.17) is 4.74 Å². The first-order valence-electron chi connectivity index (χ1n) is 13.4. The minimum atomic E-state index is -3.56. The van der Waals surface area contributed by atoms with E-state index < -0.39 is 16.1 Å². The van der Waals surface area contributed by atoms with Gasteiger partial charge in [-0.15, -0.1) is 0 Å². The predicted octanol–water partition coefficient (Wildman–Crippen LogP) is 4.19. The summed E-state index contributed by atoms with van der Waals surface area (Å²) >= 11 is 0. The van der Waals surface area contributed by atoms with Gasteiger partial charge in [-0.25, -0.2) is 8.42 Å². The van der Waals surface area contributed by atoms with Gasteiger partial charge >= 0.3 is 0 Å². The van der Waals surface area contributed by atoms with E-state index in [1.165, 1.54) is 10.6 Å². The van der Waals surface area contributed by atoms with Crippen molar-refractivity contribution in [2.45, 2.75) is 45.2 Å². The molecule has 0 aliphatic carbocycles. The van der Waals surface area contributed by atoms with Crippen molar-refractivity contribution >= 4 is 27.5 Å². The number of carbonyl (C=O) groups is 2. The number of rotatable bonds is 14. The fourth-order valence-electron chi connectivity index (χ4n) is 4.59. The van der Waals surface area contributed by atoms with Crippen LogP contribution in [0.5, 0.6) is 5.75 Å². The Hall–Kier alpha value is -3.85. The van der Waals surface area contributed by atoms with Gasteiger partial charge in [0.25, 0.3) is 0 Å². The van der Waals surface area contributed by atoms with E-state index in [1.807, 2.05) is 73.7 Å². The van der Waals surface area contributed by atoms with Crippen molar-refractivity contribution in [2.24, 2.45) is 0 Å². The lowest BCUT2D eigenvalue weighted by Crippen LogP contribution is -2.49. The standard InChI is InChI=1S/C31H39N3O5S/c1-5-24-16-18-27(19-17-24)34(40(4,37)38)20-10-15-30(35)33(23-26-13-9-14-28(21-26)39-3)29(31(36)32-2)22-25-11-7-6-8-12-25/h6-9,11-14,16-19,21,29H,5,10,15,20,22-23H2,1-4H3,(H,32,36). The minimum Gasteiger partial charge on any atom is -0.497 e. The summed E-state index contributed by atoms with van der Waals surface area (Å²) in [6.07, 6.45) is 2.73. The van der Waals surface area contributed by atoms with Crippen LogP contribution in [0.25, 0.3) is 0 Å². The molecule has 3 aromatic carbocycles. The highest BCUT2D eigenvalue weighted by Gasteiger charge is 2.30. The Balaban J connectivity index is 1.85. The average Bonchev–Trinajstić information content (AvgIpc) is 2.96. The van der Waals surface area contributed by atoms with Crippen LogP contribution in [-0.2, 0) is 39.0 Å². The molecular weight excluding hydrogens is 526 g/mol. The molecule has 0 saturated carbocycles. The van der Waals surface area contributed by atoms with Crippen LogP contribution >= 0.6 is 0 Å². The second kappa shape index (κ2) is 14.5. The molecule has 3 rings (SSSR count). The molecule has 214 valence electrons. The fraction of sp³-hybridized carbons (Fsp3) is 0.355. The zero-order chi connectivity index (χ0) is 29.1. The number of amides is 2. The molecule has 0 aromatic heterocycles. The van der Waals surface area contributed by atoms with Crippen molar-refractivity contribution in [3.63, 3.8) is 0 Å². The SMILES string of the molecule is CCc1ccc(N(CCCC(=O)N(Cc2cccc(OC)c2)C(Cc2ccccc2)C(=O)NC)S(C)(=O)=O)cc1. The predicted molar refractivity (Wildman–Crippen MR) is 159 cm³/mol. The number of aryl methyl sites for hydroxylation is 1. The van der Waals surface area contributed by atoms with Gasteiger partial charge in [0.15, 0.2) is 0 Å². The minimum absolute atomic E-state index is 0.0747. The molecule has 8 nitrogen and oxygen atoms in total. The molecule has 9 heteroatoms. The van der Waals surface area contributed by atoms with Crippen molar-refractivity contribution in [1.82, 2.24) is 10.2 Å². The normalized spacial score (nSPS) is 11.9. The van der Waals surface area contributed by atoms with Crippen molar-refractivity contribution in [1.29, 1.82) is 0 Å². The van der Waals surface area contributed by atoms with Crippen LogP contribution in [0.2, 0.25) is 0 Å². The maximum Gasteiger partial charge on any atom is 0.242 e. The Kier molecular flexibility index (Phi) is 11.1. The van der Waals surface area contributed by atoms with Crippen LogP contribution in [0.15, 0.2) is 78.9 Å². The summed E-state index contributed by atoms with van der Waals surface area (Å²) in [5.41, 5.74) is 3.42. The number of anilines is 1. The van der Waals surface area contributed by atoms with Gasteiger partial charge in [0.2, 0.25) is 21.8 Å². The Bertz CT molecular complexity index is 1360. The quantitative estimate of drug-likeness (QED) is 0.316. The van der Waals surface area contributed by atoms with E-state index in [9.17, 15) is 18.0 Å². The number of hydrogen-bond acceptors (Lipinski definition) is 5. The lowest BCUT2D eigenvalue weighted by Gasteiger charge is -2.31. The molecule has 0 heterocycles. The molecule has 0 spiro atoms. The number of nitrogens with zero attached hydrogens (tertiary/aromatic N) is 2. The fourth-order valence-corrected chi connectivity index (χ4v) is 5.56. The van der Waals surface area contributed by atoms with Crippen LogP contribution in [-0.4, -0.2) is 58.1 Å². The molecule has 1 atom stereocenters. The van der Waals surface area contributed by atoms with Gasteiger partial charge in [-0.2, -0.15) is 0 Å². The Labute approximate surface area is 238 Å². The molecule has 0 fully saturated rings. The van der Waals surface area contributed by atoms with E-state index in [-0.39, 0.29) is 31.3 Å². The molecule has 1 unspecified atom stereocenters. The van der Waals surface area contributed by atoms with Crippen LogP contribution in [0, 0.1) is 0 Å². The van der Waals surface area contributed by atoms with Crippen LogP contribution < -0.4 is 14.4 Å². The number of likely N-dealkylation sites (N-methyl/N-ethyl adjacent to an activating group) is 1. The molecule has 0 radical (unpaired) electrons. The topological polar surface area (TPSA) is 96.0 Å². The highest BCUT2D eigenvalue weighted by atomic mass is 32.2. The lowest BCUT2D eigenvalue weighted by molar-refractivity contribution is -0.141. The van der Waals surface area contributed by atoms with Crippen molar-refractivity contribution < 1.29 is 22.7 Å². The van der Waals surface area contributed by atoms with E-state index in [1.54, 1.807) is 31.2 Å². The average molecular weight is 566 g/mol. The molecule has 0 saturated heterocycles. The number of nitrogens with one attached hydrogen (secondary N) is 1. The summed E-state index contributed by atoms with van der Waals surface area (Å²) in [7, 11) is -0.421. The van der Waals surface area contributed by atoms with Crippen LogP contribution in [0.3, 0.4) is 0 Å². The summed E-state index contributed by atoms with van der Waals surface area (Å²) < 4.78 is 31.9. The first kappa shape index (κ1) is 30.7. The number of ether oxygens (including phenoxy) is 1. The van der Waals surface area contributed by atoms with Gasteiger partial charge in [-0.05, 0) is 53.8 Å². The van der Waals surface area contributed by atoms with E-state index in [2.05, 4.69) is 5.32 Å². The molecular formula is C31H39N3O5S. The zero-order valence-electron chi connectivity index (χ0n) is 23.7. The summed E-state index contributed by atoms with van der Waals surface area (Å²) in [6, 6.07) is 23.6. The largest absolute Gasteiger partial charge is 0.497 e. The van der Waals surface area contributed by atoms with Gasteiger partial charge in [0, 0.05) is 33.0 Å². The van der Waals surface area contributed by atoms with Crippen LogP contribution in [0.4, 0.5) is 5.69 Å². The third-order valence-electron chi connectivity index (χ3n) is 6.79. The number of methoxy groups -OCH3 is 1. The number of sulfonamides is 1. The first-order valence-corrected chi connectivity index (χ1v) is 15.3. The molecule has 40 heavy (non-hydrogen) atoms. The molecule has 0 bridgehead atoms. The number of carbonyl (C=O) groups excluding carboxylic acids is 2. The maximum atomic E-state index is 13.8. The summed E-state index contributed by atoms with van der Waals surface area (Å²) in [5, 5.41) is 2.71. The van der Waals surface area contributed by atoms with Gasteiger partial charge in [0.1, 0.15) is 11.8 Å². The number of hydrogen-bond donors (Lipinski definition) is 1. The smallest absolute Gasteiger partial charge is 0.242 e. The molecule has 3 aromatic rings. The third kappa shape index (κ3) is 8.58. The summed E-state index contributed by atoms with van der Waals surface area (Å²) in [6.45, 7) is 2.39. The van der Waals surface area contributed by atoms with Crippen molar-refractivity contribution in [3.05, 3.63) is 95.6 Å². The highest BCUT2D eigenvalue weighted by Crippen LogP contribution is 2.22. The Morgan fingerprint density at radius 2 is 1.60 bits per heavy atom. The molecule has 0 aliphatic rings. The maximum absolute atomic E-state index is 13.8. The summed E-state index contributed by atoms with van der Waals surface area (Å²) in [4.78, 5) is 28.4. The van der Waals surface area contributed by atoms with Gasteiger partial charge < -0.3 is 15.0 Å². The van der Waals surface area contributed by atoms with Gasteiger partial charge in [-0.1, -0.05) is 61.5 Å². The molecule has 1 N–H and O–H groups in total. The van der Waals surface area contributed by atoms with Gasteiger partial charge in [-0.3, -0.25) is 13.9 Å². The Morgan fingerprint density at radius 3 is 2.20 bits per heavy atom. The lowest BCUT2D eigenvalue weighted by atomic mass is 10.0. The van der Waals surface area contributed by atoms with Crippen molar-refractivity contribution in [3.8, 4) is 5.75 Å². The first-order chi connectivity index (χ1) is 19.2. The number of benzene rings is 3. The highest BCUT2D eigenvalue weighted by molar-refractivity contribution is 7.92. The second-order valence-corrected chi connectivity index (χ2v) is 11.6. The van der Waals surface area contributed by atoms with E-state index in [0.29, 0.717) is 24.3 Å². The second-order valence-electron chi connectivity index (χ2n) is 9.65. The zero-order valence-corrected chi connectivity index (χ0v) is 24.5. The van der Waals surface area contributed by atoms with E-state index >= 15 is 0 Å². The van der Waals surface area contributed by atoms with Gasteiger partial charge in [0.05, 0.1) is 19.1 Å².